The van der Waals surface area contributed by atoms with Crippen LogP contribution in [0, 0.1) is 0 Å². The van der Waals surface area contributed by atoms with E-state index in [1.54, 1.807) is 12.3 Å². The number of pyridine rings is 1. The largest absolute Gasteiger partial charge is 0.507 e. The molecule has 240 valence electrons. The van der Waals surface area contributed by atoms with Crippen molar-refractivity contribution in [3.05, 3.63) is 180 Å². The van der Waals surface area contributed by atoms with Gasteiger partial charge in [-0.05, 0) is 85.6 Å². The normalized spacial score (nSPS) is 13.3. The summed E-state index contributed by atoms with van der Waals surface area (Å²) in [7, 11) is 0. The minimum atomic E-state index is -0.535. The molecule has 0 saturated heterocycles. The smallest absolute Gasteiger partial charge is 0.125 e. The van der Waals surface area contributed by atoms with Gasteiger partial charge in [0.1, 0.15) is 11.5 Å². The van der Waals surface area contributed by atoms with Crippen LogP contribution >= 0.6 is 0 Å². The van der Waals surface area contributed by atoms with Gasteiger partial charge in [-0.2, -0.15) is 0 Å². The predicted molar refractivity (Wildman–Crippen MR) is 198 cm³/mol. The number of phenolic OH excluding ortho intramolecular Hbond substituents is 2. The third-order valence-electron chi connectivity index (χ3n) is 10.3. The van der Waals surface area contributed by atoms with Gasteiger partial charge in [-0.15, -0.1) is 0 Å². The van der Waals surface area contributed by atoms with E-state index in [1.165, 1.54) is 27.8 Å². The third kappa shape index (κ3) is 4.15. The molecule has 1 aromatic heterocycles. The van der Waals surface area contributed by atoms with Crippen LogP contribution in [-0.4, -0.2) is 21.4 Å². The van der Waals surface area contributed by atoms with E-state index in [1.807, 2.05) is 54.6 Å². The van der Waals surface area contributed by atoms with E-state index in [0.717, 1.165) is 32.8 Å². The minimum Gasteiger partial charge on any atom is -0.507 e. The van der Waals surface area contributed by atoms with E-state index in [-0.39, 0.29) is 32.6 Å². The van der Waals surface area contributed by atoms with E-state index in [0.29, 0.717) is 28.0 Å². The molecule has 1 heterocycles. The van der Waals surface area contributed by atoms with Gasteiger partial charge in [0.2, 0.25) is 0 Å². The maximum Gasteiger partial charge on any atom is 0.125 e. The number of hydrogen-bond donors (Lipinski definition) is 2. The second-order valence-corrected chi connectivity index (χ2v) is 12.8. The molecule has 0 bridgehead atoms. The Morgan fingerprint density at radius 2 is 1.08 bits per heavy atom. The molecule has 2 aliphatic carbocycles. The molecule has 0 amide bonds. The molecule has 0 unspecified atom stereocenters. The minimum absolute atomic E-state index is 0. The number of nitrogens with zero attached hydrogens (tertiary/aromatic N) is 2. The number of hydrogen-bond acceptors (Lipinski definition) is 4. The van der Waals surface area contributed by atoms with E-state index < -0.39 is 5.41 Å². The van der Waals surface area contributed by atoms with Crippen molar-refractivity contribution >= 4 is 33.4 Å². The number of benzene rings is 7. The molecule has 10 rings (SSSR count). The monoisotopic (exact) mass is 823 g/mol. The number of aliphatic imine (C=N–C) groups is 1. The van der Waals surface area contributed by atoms with Crippen molar-refractivity contribution in [2.45, 2.75) is 5.41 Å². The first-order valence-corrected chi connectivity index (χ1v) is 16.4. The second kappa shape index (κ2) is 11.4. The standard InChI is InChI=1S/C45H28N2O2.Pt/c48-41-22-10-13-27-12-9-21-40(43(27)41)46-26-29-23-28-11-1-2-14-30(28)44(47-29)35-24-39-34(25-42(35)49)33-17-5-8-20-38(33)45(39)36-18-6-3-15-31(36)32-16-4-7-19-37(32)45;/h1-26,48-49H;. The fraction of sp³-hybridized carbons (Fsp3) is 0.0222. The molecule has 4 nitrogen and oxygen atoms in total. The fourth-order valence-corrected chi connectivity index (χ4v) is 8.35. The molecule has 0 fully saturated rings. The molecule has 0 atom stereocenters. The van der Waals surface area contributed by atoms with Gasteiger partial charge in [-0.25, -0.2) is 4.98 Å². The quantitative estimate of drug-likeness (QED) is 0.175. The third-order valence-corrected chi connectivity index (χ3v) is 10.3. The SMILES string of the molecule is Oc1cc2c(cc1-c1nc(C=Nc3cccc4cccc(O)c34)cc3ccccc13)C1(c3ccccc3-c3ccccc31)c1ccccc1-2.[Pt]. The van der Waals surface area contributed by atoms with Crippen LogP contribution in [0.2, 0.25) is 0 Å². The van der Waals surface area contributed by atoms with Gasteiger partial charge >= 0.3 is 0 Å². The molecule has 0 saturated carbocycles. The molecule has 2 aliphatic rings. The summed E-state index contributed by atoms with van der Waals surface area (Å²) in [6.45, 7) is 0. The van der Waals surface area contributed by atoms with Crippen LogP contribution in [-0.2, 0) is 26.5 Å². The summed E-state index contributed by atoms with van der Waals surface area (Å²) in [5, 5.41) is 26.1. The summed E-state index contributed by atoms with van der Waals surface area (Å²) in [6, 6.07) is 51.5. The summed E-state index contributed by atoms with van der Waals surface area (Å²) in [5.41, 5.74) is 11.6. The number of rotatable bonds is 3. The first-order valence-electron chi connectivity index (χ1n) is 16.4. The Labute approximate surface area is 303 Å². The zero-order chi connectivity index (χ0) is 32.7. The average Bonchev–Trinajstić information content (AvgIpc) is 3.60. The molecule has 2 N–H and O–H groups in total. The molecular weight excluding hydrogens is 796 g/mol. The van der Waals surface area contributed by atoms with Crippen LogP contribution < -0.4 is 0 Å². The first-order chi connectivity index (χ1) is 24.1. The predicted octanol–water partition coefficient (Wildman–Crippen LogP) is 10.6. The van der Waals surface area contributed by atoms with E-state index >= 15 is 0 Å². The van der Waals surface area contributed by atoms with Crippen molar-refractivity contribution in [2.75, 3.05) is 0 Å². The number of aromatic nitrogens is 1. The van der Waals surface area contributed by atoms with E-state index in [2.05, 4.69) is 91.0 Å². The molecular formula is C45H28N2O2Pt. The van der Waals surface area contributed by atoms with Crippen LogP contribution in [0.3, 0.4) is 0 Å². The van der Waals surface area contributed by atoms with Gasteiger partial charge < -0.3 is 10.2 Å². The second-order valence-electron chi connectivity index (χ2n) is 12.8. The molecule has 1 spiro atoms. The van der Waals surface area contributed by atoms with Gasteiger partial charge in [0.25, 0.3) is 0 Å². The van der Waals surface area contributed by atoms with Crippen molar-refractivity contribution in [3.63, 3.8) is 0 Å². The van der Waals surface area contributed by atoms with Gasteiger partial charge in [0.15, 0.2) is 0 Å². The average molecular weight is 824 g/mol. The zero-order valence-corrected chi connectivity index (χ0v) is 28.9. The number of phenols is 2. The molecule has 5 heteroatoms. The Kier molecular flexibility index (Phi) is 6.88. The molecule has 50 heavy (non-hydrogen) atoms. The Bertz CT molecular complexity index is 2660. The Morgan fingerprint density at radius 3 is 1.78 bits per heavy atom. The Balaban J connectivity index is 0.00000336. The topological polar surface area (TPSA) is 65.7 Å². The van der Waals surface area contributed by atoms with Crippen LogP contribution in [0.1, 0.15) is 27.9 Å². The van der Waals surface area contributed by atoms with E-state index in [9.17, 15) is 10.2 Å². The van der Waals surface area contributed by atoms with Crippen molar-refractivity contribution in [2.24, 2.45) is 4.99 Å². The van der Waals surface area contributed by atoms with Gasteiger partial charge in [0, 0.05) is 37.4 Å². The Morgan fingerprint density at radius 1 is 0.500 bits per heavy atom. The van der Waals surface area contributed by atoms with Crippen molar-refractivity contribution in [1.82, 2.24) is 4.98 Å². The Hall–Kier alpha value is -5.83. The number of aromatic hydroxyl groups is 2. The van der Waals surface area contributed by atoms with Crippen LogP contribution in [0.4, 0.5) is 5.69 Å². The molecule has 0 radical (unpaired) electrons. The van der Waals surface area contributed by atoms with Crippen LogP contribution in [0.15, 0.2) is 157 Å². The summed E-state index contributed by atoms with van der Waals surface area (Å²) in [4.78, 5) is 9.97. The van der Waals surface area contributed by atoms with E-state index in [4.69, 9.17) is 9.98 Å². The van der Waals surface area contributed by atoms with Gasteiger partial charge in [-0.1, -0.05) is 121 Å². The van der Waals surface area contributed by atoms with Crippen molar-refractivity contribution in [1.29, 1.82) is 0 Å². The maximum absolute atomic E-state index is 11.9. The van der Waals surface area contributed by atoms with Crippen molar-refractivity contribution in [3.8, 4) is 45.0 Å². The first kappa shape index (κ1) is 30.2. The maximum atomic E-state index is 11.9. The van der Waals surface area contributed by atoms with Gasteiger partial charge in [-0.3, -0.25) is 4.99 Å². The molecule has 7 aromatic carbocycles. The van der Waals surface area contributed by atoms with Crippen molar-refractivity contribution < 1.29 is 31.3 Å². The molecule has 0 aliphatic heterocycles. The molecule has 8 aromatic rings. The summed E-state index contributed by atoms with van der Waals surface area (Å²) in [5.74, 6) is 0.362. The van der Waals surface area contributed by atoms with Crippen LogP contribution in [0.5, 0.6) is 11.5 Å². The zero-order valence-electron chi connectivity index (χ0n) is 26.6. The number of fused-ring (bicyclic) bond motifs is 12. The fourth-order valence-electron chi connectivity index (χ4n) is 8.35. The summed E-state index contributed by atoms with van der Waals surface area (Å²) < 4.78 is 0. The van der Waals surface area contributed by atoms with Crippen LogP contribution in [0.25, 0.3) is 55.1 Å². The van der Waals surface area contributed by atoms with Gasteiger partial charge in [0.05, 0.1) is 28.7 Å². The summed E-state index contributed by atoms with van der Waals surface area (Å²) in [6.07, 6.45) is 1.74. The summed E-state index contributed by atoms with van der Waals surface area (Å²) >= 11 is 0.